The van der Waals surface area contributed by atoms with Crippen molar-refractivity contribution in [2.45, 2.75) is 58.3 Å². The minimum absolute atomic E-state index is 0.515. The van der Waals surface area contributed by atoms with Gasteiger partial charge in [-0.15, -0.1) is 17.1 Å². The Morgan fingerprint density at radius 1 is 1.07 bits per heavy atom. The molecule has 0 N–H and O–H groups in total. The summed E-state index contributed by atoms with van der Waals surface area (Å²) in [6.45, 7) is 2.25. The highest BCUT2D eigenvalue weighted by molar-refractivity contribution is 7.13. The van der Waals surface area contributed by atoms with Crippen molar-refractivity contribution in [3.8, 4) is 0 Å². The first-order chi connectivity index (χ1) is 7.34. The lowest BCUT2D eigenvalue weighted by Crippen LogP contribution is -1.85. The number of thiophene rings is 1. The van der Waals surface area contributed by atoms with E-state index in [2.05, 4.69) is 6.92 Å². The maximum absolute atomic E-state index is 9.44. The Morgan fingerprint density at radius 3 is 2.33 bits per heavy atom. The molecule has 0 atom stereocenters. The van der Waals surface area contributed by atoms with Crippen molar-refractivity contribution in [2.75, 3.05) is 0 Å². The molecule has 84 valence electrons. The lowest BCUT2D eigenvalue weighted by molar-refractivity contribution is 0.589. The largest absolute Gasteiger partial charge is 0.142 e. The summed E-state index contributed by atoms with van der Waals surface area (Å²) in [4.78, 5) is 0. The van der Waals surface area contributed by atoms with Gasteiger partial charge in [0.05, 0.1) is 0 Å². The smallest absolute Gasteiger partial charge is 0.138 e. The number of unbranched alkanes of at least 4 members (excludes halogenated alkanes) is 6. The first kappa shape index (κ1) is 12.6. The molecule has 0 unspecified atom stereocenters. The number of nitrogens with zero attached hydrogens (tertiary/aromatic N) is 1. The summed E-state index contributed by atoms with van der Waals surface area (Å²) in [5, 5.41) is 2.48. The number of rotatable bonds is 8. The summed E-state index contributed by atoms with van der Waals surface area (Å²) in [5.41, 5.74) is 10.6. The summed E-state index contributed by atoms with van der Waals surface area (Å²) in [6.07, 6.45) is 10.4. The van der Waals surface area contributed by atoms with Gasteiger partial charge >= 0.3 is 0 Å². The Labute approximate surface area is 97.7 Å². The van der Waals surface area contributed by atoms with E-state index in [-0.39, 0.29) is 0 Å². The molecule has 1 aromatic heterocycles. The monoisotopic (exact) mass is 223 g/mol. The van der Waals surface area contributed by atoms with Crippen LogP contribution in [0.2, 0.25) is 0 Å². The highest BCUT2D eigenvalue weighted by atomic mass is 32.1. The van der Waals surface area contributed by atoms with Gasteiger partial charge in [0.2, 0.25) is 0 Å². The van der Waals surface area contributed by atoms with E-state index < -0.39 is 0 Å². The van der Waals surface area contributed by atoms with Crippen molar-refractivity contribution in [2.24, 2.45) is 0 Å². The summed E-state index contributed by atoms with van der Waals surface area (Å²) in [7, 11) is 0. The van der Waals surface area contributed by atoms with Gasteiger partial charge in [0.15, 0.2) is 0 Å². The fourth-order valence-electron chi connectivity index (χ4n) is 1.79. The Kier molecular flexibility index (Phi) is 6.49. The number of hydrogen-bond acceptors (Lipinski definition) is 1. The first-order valence-corrected chi connectivity index (χ1v) is 6.98. The Balaban J connectivity index is 1.96. The molecule has 1 nitrogen and oxygen atoms in total. The Hall–Kier alpha value is -0.500. The molecule has 15 heavy (non-hydrogen) atoms. The van der Waals surface area contributed by atoms with Crippen LogP contribution >= 0.6 is 11.3 Å². The molecular weight excluding hydrogens is 202 g/mol. The minimum Gasteiger partial charge on any atom is -0.138 e. The molecular formula is C13H21NS. The van der Waals surface area contributed by atoms with Crippen LogP contribution in [0.3, 0.4) is 0 Å². The predicted molar refractivity (Wildman–Crippen MR) is 67.8 cm³/mol. The van der Waals surface area contributed by atoms with Gasteiger partial charge < -0.3 is 0 Å². The van der Waals surface area contributed by atoms with Crippen LogP contribution in [-0.2, 0) is 6.42 Å². The van der Waals surface area contributed by atoms with Gasteiger partial charge in [-0.25, -0.2) is 0 Å². The molecule has 0 spiro atoms. The molecule has 2 heteroatoms. The van der Waals surface area contributed by atoms with Gasteiger partial charge in [0, 0.05) is 0 Å². The lowest BCUT2D eigenvalue weighted by atomic mass is 10.1. The van der Waals surface area contributed by atoms with E-state index in [9.17, 15) is 5.73 Å². The zero-order chi connectivity index (χ0) is 10.9. The maximum atomic E-state index is 9.44. The van der Waals surface area contributed by atoms with Gasteiger partial charge in [-0.2, -0.15) is 0 Å². The van der Waals surface area contributed by atoms with Gasteiger partial charge in [0.25, 0.3) is 0 Å². The maximum Gasteiger partial charge on any atom is 0.142 e. The number of hydrogen-bond donors (Lipinski definition) is 0. The second-order valence-corrected chi connectivity index (χ2v) is 5.02. The van der Waals surface area contributed by atoms with Crippen molar-refractivity contribution in [1.82, 2.24) is 5.73 Å². The van der Waals surface area contributed by atoms with Crippen molar-refractivity contribution in [3.63, 3.8) is 0 Å². The van der Waals surface area contributed by atoms with E-state index in [4.69, 9.17) is 0 Å². The zero-order valence-electron chi connectivity index (χ0n) is 9.67. The highest BCUT2D eigenvalue weighted by Crippen LogP contribution is 2.22. The van der Waals surface area contributed by atoms with Gasteiger partial charge in [-0.05, 0) is 29.9 Å². The van der Waals surface area contributed by atoms with Crippen LogP contribution in [0.5, 0.6) is 0 Å². The van der Waals surface area contributed by atoms with Gasteiger partial charge in [0.1, 0.15) is 5.00 Å². The molecule has 1 aromatic rings. The molecule has 0 fully saturated rings. The summed E-state index contributed by atoms with van der Waals surface area (Å²) >= 11 is 1.43. The van der Waals surface area contributed by atoms with Crippen LogP contribution in [0, 0.1) is 0 Å². The molecule has 0 bridgehead atoms. The predicted octanol–water partition coefficient (Wildman–Crippen LogP) is 4.74. The Morgan fingerprint density at radius 2 is 1.73 bits per heavy atom. The normalized spacial score (nSPS) is 10.7. The van der Waals surface area contributed by atoms with Crippen LogP contribution < -0.4 is 5.73 Å². The molecule has 1 heterocycles. The quantitative estimate of drug-likeness (QED) is 0.568. The molecule has 2 radical (unpaired) electrons. The third-order valence-corrected chi connectivity index (χ3v) is 3.53. The van der Waals surface area contributed by atoms with E-state index in [1.165, 1.54) is 56.3 Å². The van der Waals surface area contributed by atoms with Crippen LogP contribution in [0.25, 0.3) is 0 Å². The van der Waals surface area contributed by atoms with Crippen LogP contribution in [0.1, 0.15) is 57.4 Å². The molecule has 0 amide bonds. The zero-order valence-corrected chi connectivity index (χ0v) is 10.5. The van der Waals surface area contributed by atoms with Crippen LogP contribution in [0.4, 0.5) is 5.00 Å². The fraction of sp³-hybridized carbons (Fsp3) is 0.692. The molecule has 0 aliphatic heterocycles. The summed E-state index contributed by atoms with van der Waals surface area (Å²) < 4.78 is 0. The molecule has 0 saturated carbocycles. The summed E-state index contributed by atoms with van der Waals surface area (Å²) in [6, 6.07) is 2.04. The standard InChI is InChI=1S/C13H21NS/c1-2-3-4-5-6-7-8-9-12-10-11-15-13(12)14/h10-11H,2-9H2,1H3. The first-order valence-electron chi connectivity index (χ1n) is 6.10. The van der Waals surface area contributed by atoms with E-state index >= 15 is 0 Å². The van der Waals surface area contributed by atoms with Crippen LogP contribution in [0.15, 0.2) is 11.4 Å². The van der Waals surface area contributed by atoms with E-state index in [0.717, 1.165) is 12.0 Å². The highest BCUT2D eigenvalue weighted by Gasteiger charge is 2.01. The SMILES string of the molecule is CCCCCCCCCc1ccsc1[N]. The second-order valence-electron chi connectivity index (χ2n) is 4.12. The van der Waals surface area contributed by atoms with Crippen molar-refractivity contribution in [3.05, 3.63) is 17.0 Å². The van der Waals surface area contributed by atoms with Crippen molar-refractivity contribution in [1.29, 1.82) is 0 Å². The molecule has 0 aromatic carbocycles. The molecule has 0 aliphatic rings. The second kappa shape index (κ2) is 7.75. The van der Waals surface area contributed by atoms with Gasteiger partial charge in [-0.3, -0.25) is 0 Å². The lowest BCUT2D eigenvalue weighted by Gasteiger charge is -2.00. The third-order valence-electron chi connectivity index (χ3n) is 2.77. The average Bonchev–Trinajstić information content (AvgIpc) is 2.63. The molecule has 1 rings (SSSR count). The van der Waals surface area contributed by atoms with Gasteiger partial charge in [-0.1, -0.05) is 45.4 Å². The van der Waals surface area contributed by atoms with E-state index in [0.29, 0.717) is 5.00 Å². The van der Waals surface area contributed by atoms with E-state index in [1.54, 1.807) is 0 Å². The van der Waals surface area contributed by atoms with Crippen LogP contribution in [-0.4, -0.2) is 0 Å². The fourth-order valence-corrected chi connectivity index (χ4v) is 2.47. The number of aryl methyl sites for hydroxylation is 1. The van der Waals surface area contributed by atoms with E-state index in [1.807, 2.05) is 11.4 Å². The Bertz CT molecular complexity index is 255. The summed E-state index contributed by atoms with van der Waals surface area (Å²) in [5.74, 6) is 0. The van der Waals surface area contributed by atoms with Crippen molar-refractivity contribution < 1.29 is 0 Å². The molecule has 0 saturated heterocycles. The third kappa shape index (κ3) is 5.22. The molecule has 0 aliphatic carbocycles. The minimum atomic E-state index is 0.515. The van der Waals surface area contributed by atoms with Crippen molar-refractivity contribution >= 4 is 16.3 Å². The average molecular weight is 223 g/mol. The topological polar surface area (TPSA) is 22.3 Å².